The Morgan fingerprint density at radius 2 is 0.889 bits per heavy atom. The highest BCUT2D eigenvalue weighted by molar-refractivity contribution is 9.10. The summed E-state index contributed by atoms with van der Waals surface area (Å²) in [6.45, 7) is 0. The van der Waals surface area contributed by atoms with Gasteiger partial charge < -0.3 is 0 Å². The van der Waals surface area contributed by atoms with Crippen molar-refractivity contribution in [1.29, 1.82) is 0 Å². The van der Waals surface area contributed by atoms with E-state index >= 15 is 0 Å². The predicted octanol–water partition coefficient (Wildman–Crippen LogP) is 8.53. The topological polar surface area (TPSA) is 0 Å². The van der Waals surface area contributed by atoms with Gasteiger partial charge in [-0.25, -0.2) is 0 Å². The van der Waals surface area contributed by atoms with Gasteiger partial charge in [-0.15, -0.1) is 10.0 Å². The normalized spacial score (nSPS) is 15.0. The van der Waals surface area contributed by atoms with E-state index in [2.05, 4.69) is 129 Å². The van der Waals surface area contributed by atoms with Crippen LogP contribution in [0.1, 0.15) is 0 Å². The molecule has 4 aromatic carbocycles. The van der Waals surface area contributed by atoms with Gasteiger partial charge in [0.05, 0.1) is 0 Å². The van der Waals surface area contributed by atoms with Crippen molar-refractivity contribution in [3.05, 3.63) is 106 Å². The fraction of sp³-hybridized carbons (Fsp3) is 0. The van der Waals surface area contributed by atoms with E-state index in [0.29, 0.717) is 0 Å². The van der Waals surface area contributed by atoms with Crippen LogP contribution in [-0.2, 0) is 0 Å². The average molecular weight is 496 g/mol. The van der Waals surface area contributed by atoms with Crippen LogP contribution in [0.25, 0.3) is 11.1 Å². The van der Waals surface area contributed by atoms with Crippen molar-refractivity contribution in [2.75, 3.05) is 0 Å². The van der Waals surface area contributed by atoms with Crippen molar-refractivity contribution < 1.29 is 0 Å². The zero-order valence-corrected chi connectivity index (χ0v) is 18.4. The van der Waals surface area contributed by atoms with E-state index in [9.17, 15) is 0 Å². The third-order valence-corrected chi connectivity index (χ3v) is 9.97. The summed E-state index contributed by atoms with van der Waals surface area (Å²) in [5.41, 5.74) is 2.67. The van der Waals surface area contributed by atoms with E-state index in [4.69, 9.17) is 0 Å². The van der Waals surface area contributed by atoms with Crippen LogP contribution in [0.2, 0.25) is 0 Å². The second-order valence-electron chi connectivity index (χ2n) is 6.52. The van der Waals surface area contributed by atoms with Crippen LogP contribution in [0.4, 0.5) is 0 Å². The van der Waals surface area contributed by atoms with Crippen molar-refractivity contribution in [2.24, 2.45) is 0 Å². The average Bonchev–Trinajstić information content (AvgIpc) is 2.99. The first-order valence-corrected chi connectivity index (χ1v) is 12.0. The highest BCUT2D eigenvalue weighted by atomic mass is 79.9. The number of hydrogen-bond acceptors (Lipinski definition) is 0. The molecule has 1 aliphatic heterocycles. The van der Waals surface area contributed by atoms with Gasteiger partial charge in [0.15, 0.2) is 0 Å². The molecule has 0 bridgehead atoms. The highest BCUT2D eigenvalue weighted by Gasteiger charge is 2.42. The fourth-order valence-electron chi connectivity index (χ4n) is 3.96. The van der Waals surface area contributed by atoms with Crippen molar-refractivity contribution in [1.82, 2.24) is 0 Å². The largest absolute Gasteiger partial charge is 0.132 e. The first-order chi connectivity index (χ1) is 13.2. The summed E-state index contributed by atoms with van der Waals surface area (Å²) in [4.78, 5) is 5.55. The van der Waals surface area contributed by atoms with Gasteiger partial charge >= 0.3 is 0 Å². The summed E-state index contributed by atoms with van der Waals surface area (Å²) in [6, 6.07) is 35.4. The molecule has 0 saturated heterocycles. The molecule has 0 nitrogen and oxygen atoms in total. The van der Waals surface area contributed by atoms with Gasteiger partial charge in [-0.05, 0) is 59.7 Å². The molecule has 1 heterocycles. The second kappa shape index (κ2) is 6.66. The molecule has 0 unspecified atom stereocenters. The maximum absolute atomic E-state index is 3.72. The lowest BCUT2D eigenvalue weighted by atomic mass is 10.1. The van der Waals surface area contributed by atoms with Gasteiger partial charge in [-0.2, -0.15) is 0 Å². The molecule has 27 heavy (non-hydrogen) atoms. The van der Waals surface area contributed by atoms with Gasteiger partial charge in [-0.3, -0.25) is 0 Å². The molecule has 3 heteroatoms. The lowest BCUT2D eigenvalue weighted by Gasteiger charge is -2.39. The van der Waals surface area contributed by atoms with Gasteiger partial charge in [0, 0.05) is 28.5 Å². The lowest BCUT2D eigenvalue weighted by Crippen LogP contribution is -2.01. The van der Waals surface area contributed by atoms with E-state index in [0.717, 1.165) is 8.95 Å². The zero-order chi connectivity index (χ0) is 18.4. The first kappa shape index (κ1) is 17.3. The van der Waals surface area contributed by atoms with Crippen molar-refractivity contribution in [3.63, 3.8) is 0 Å². The van der Waals surface area contributed by atoms with E-state index in [-0.39, 0.29) is 0 Å². The first-order valence-electron chi connectivity index (χ1n) is 8.74. The Balaban J connectivity index is 2.00. The summed E-state index contributed by atoms with van der Waals surface area (Å²) in [5, 5.41) is 0. The van der Waals surface area contributed by atoms with Crippen LogP contribution < -0.4 is 0 Å². The Labute approximate surface area is 177 Å². The predicted molar refractivity (Wildman–Crippen MR) is 121 cm³/mol. The summed E-state index contributed by atoms with van der Waals surface area (Å²) >= 11 is 7.45. The Hall–Kier alpha value is -1.81. The molecular formula is C24H16Br2S. The minimum absolute atomic E-state index is 1.12. The lowest BCUT2D eigenvalue weighted by molar-refractivity contribution is 1.28. The minimum atomic E-state index is -1.54. The van der Waals surface area contributed by atoms with Gasteiger partial charge in [0.1, 0.15) is 0 Å². The maximum Gasteiger partial charge on any atom is 0.0186 e. The third kappa shape index (κ3) is 2.56. The second-order valence-corrected chi connectivity index (χ2v) is 11.4. The SMILES string of the molecule is Brc1ccc2c(c1)S(c1ccccc1)(c1ccccc1)c1cc(Br)ccc1-2. The van der Waals surface area contributed by atoms with Gasteiger partial charge in [0.25, 0.3) is 0 Å². The quantitative estimate of drug-likeness (QED) is 0.230. The van der Waals surface area contributed by atoms with Gasteiger partial charge in [0.2, 0.25) is 0 Å². The number of rotatable bonds is 2. The van der Waals surface area contributed by atoms with E-state index in [1.165, 1.54) is 30.7 Å². The Kier molecular flexibility index (Phi) is 4.27. The zero-order valence-electron chi connectivity index (χ0n) is 14.4. The summed E-state index contributed by atoms with van der Waals surface area (Å²) in [5.74, 6) is 0. The molecule has 0 radical (unpaired) electrons. The monoisotopic (exact) mass is 494 g/mol. The molecule has 0 aromatic heterocycles. The molecule has 1 aliphatic rings. The molecule has 0 spiro atoms. The molecule has 0 saturated carbocycles. The Morgan fingerprint density at radius 3 is 1.30 bits per heavy atom. The fourth-order valence-corrected chi connectivity index (χ4v) is 9.26. The third-order valence-electron chi connectivity index (χ3n) is 5.03. The van der Waals surface area contributed by atoms with Crippen LogP contribution in [0.15, 0.2) is 126 Å². The molecule has 0 atom stereocenters. The molecule has 0 amide bonds. The van der Waals surface area contributed by atoms with Crippen molar-refractivity contribution in [3.8, 4) is 11.1 Å². The Bertz CT molecular complexity index is 1040. The molecule has 0 N–H and O–H groups in total. The minimum Gasteiger partial charge on any atom is -0.132 e. The molecular weight excluding hydrogens is 480 g/mol. The van der Waals surface area contributed by atoms with E-state index in [1.54, 1.807) is 0 Å². The van der Waals surface area contributed by atoms with Crippen molar-refractivity contribution in [2.45, 2.75) is 19.6 Å². The number of hydrogen-bond donors (Lipinski definition) is 0. The maximum atomic E-state index is 3.72. The standard InChI is InChI=1S/C24H16Br2S/c25-17-11-13-21-22-14-12-18(26)16-24(22)27(23(21)15-17,19-7-3-1-4-8-19)20-9-5-2-6-10-20/h1-16H. The number of halogens is 2. The summed E-state index contributed by atoms with van der Waals surface area (Å²) < 4.78 is 2.24. The highest BCUT2D eigenvalue weighted by Crippen LogP contribution is 2.80. The summed E-state index contributed by atoms with van der Waals surface area (Å²) in [6.07, 6.45) is 0. The molecule has 132 valence electrons. The van der Waals surface area contributed by atoms with E-state index < -0.39 is 10.0 Å². The van der Waals surface area contributed by atoms with Crippen LogP contribution in [0, 0.1) is 0 Å². The molecule has 5 rings (SSSR count). The van der Waals surface area contributed by atoms with Gasteiger partial charge in [-0.1, -0.05) is 80.4 Å². The summed E-state index contributed by atoms with van der Waals surface area (Å²) in [7, 11) is -1.54. The smallest absolute Gasteiger partial charge is 0.0186 e. The van der Waals surface area contributed by atoms with Crippen LogP contribution in [0.3, 0.4) is 0 Å². The molecule has 0 aliphatic carbocycles. The molecule has 4 aromatic rings. The van der Waals surface area contributed by atoms with Crippen LogP contribution in [-0.4, -0.2) is 0 Å². The van der Waals surface area contributed by atoms with Crippen LogP contribution in [0.5, 0.6) is 0 Å². The van der Waals surface area contributed by atoms with E-state index in [1.807, 2.05) is 0 Å². The number of fused-ring (bicyclic) bond motifs is 3. The Morgan fingerprint density at radius 1 is 0.481 bits per heavy atom. The van der Waals surface area contributed by atoms with Crippen molar-refractivity contribution >= 4 is 41.9 Å². The van der Waals surface area contributed by atoms with Crippen LogP contribution >= 0.6 is 41.9 Å². The molecule has 0 fully saturated rings. The number of benzene rings is 4.